The fourth-order valence-corrected chi connectivity index (χ4v) is 1.35. The number of aromatic nitrogens is 2. The van der Waals surface area contributed by atoms with Crippen molar-refractivity contribution in [2.45, 2.75) is 25.8 Å². The molecule has 0 radical (unpaired) electrons. The maximum Gasteiger partial charge on any atom is 0.223 e. The summed E-state index contributed by atoms with van der Waals surface area (Å²) in [6.45, 7) is 5.85. The van der Waals surface area contributed by atoms with Crippen molar-refractivity contribution in [3.63, 3.8) is 0 Å². The van der Waals surface area contributed by atoms with E-state index in [1.54, 1.807) is 19.4 Å². The second-order valence-corrected chi connectivity index (χ2v) is 3.70. The number of hydrogen-bond donors (Lipinski definition) is 1. The molecule has 4 nitrogen and oxygen atoms in total. The highest BCUT2D eigenvalue weighted by Gasteiger charge is 2.02. The van der Waals surface area contributed by atoms with Gasteiger partial charge >= 0.3 is 0 Å². The summed E-state index contributed by atoms with van der Waals surface area (Å²) in [5.41, 5.74) is 0.819. The molecule has 1 N–H and O–H groups in total. The molecule has 1 unspecified atom stereocenters. The van der Waals surface area contributed by atoms with Gasteiger partial charge in [-0.2, -0.15) is 0 Å². The van der Waals surface area contributed by atoms with Crippen molar-refractivity contribution in [1.82, 2.24) is 9.97 Å². The van der Waals surface area contributed by atoms with Crippen LogP contribution in [-0.4, -0.2) is 27.5 Å². The molecule has 0 spiro atoms. The largest absolute Gasteiger partial charge is 0.357 e. The Morgan fingerprint density at radius 2 is 1.93 bits per heavy atom. The molecule has 80 valence electrons. The van der Waals surface area contributed by atoms with E-state index in [0.29, 0.717) is 11.0 Å². The van der Waals surface area contributed by atoms with E-state index in [0.717, 1.165) is 5.69 Å². The fourth-order valence-electron chi connectivity index (χ4n) is 0.799. The second-order valence-electron chi connectivity index (χ2n) is 2.38. The van der Waals surface area contributed by atoms with Gasteiger partial charge in [0.15, 0.2) is 0 Å². The van der Waals surface area contributed by atoms with Crippen molar-refractivity contribution in [1.29, 1.82) is 0 Å². The zero-order chi connectivity index (χ0) is 11.1. The van der Waals surface area contributed by atoms with Crippen molar-refractivity contribution in [2.24, 2.45) is 0 Å². The third-order valence-electron chi connectivity index (χ3n) is 1.35. The maximum atomic E-state index is 11.1. The summed E-state index contributed by atoms with van der Waals surface area (Å²) in [4.78, 5) is 8.11. The highest BCUT2D eigenvalue weighted by atomic mass is 32.2. The quantitative estimate of drug-likeness (QED) is 0.761. The van der Waals surface area contributed by atoms with E-state index in [1.807, 2.05) is 20.8 Å². The molecule has 1 aromatic rings. The van der Waals surface area contributed by atoms with Gasteiger partial charge < -0.3 is 5.32 Å². The minimum absolute atomic E-state index is 0.514. The van der Waals surface area contributed by atoms with Crippen molar-refractivity contribution in [2.75, 3.05) is 18.6 Å². The van der Waals surface area contributed by atoms with E-state index in [-0.39, 0.29) is 0 Å². The summed E-state index contributed by atoms with van der Waals surface area (Å²) in [6, 6.07) is 1.72. The number of nitrogens with zero attached hydrogens (tertiary/aromatic N) is 2. The highest BCUT2D eigenvalue weighted by molar-refractivity contribution is 7.84. The second kappa shape index (κ2) is 6.48. The Morgan fingerprint density at radius 3 is 2.36 bits per heavy atom. The lowest BCUT2D eigenvalue weighted by Gasteiger charge is -2.01. The first-order valence-electron chi connectivity index (χ1n) is 4.50. The van der Waals surface area contributed by atoms with E-state index < -0.39 is 10.8 Å². The highest BCUT2D eigenvalue weighted by Crippen LogP contribution is 2.06. The number of nitrogens with one attached hydrogen (secondary N) is 1. The van der Waals surface area contributed by atoms with E-state index in [1.165, 1.54) is 0 Å². The molecule has 1 rings (SSSR count). The number of anilines is 1. The Labute approximate surface area is 87.6 Å². The summed E-state index contributed by atoms with van der Waals surface area (Å²) >= 11 is 0. The molecular weight excluding hydrogens is 198 g/mol. The van der Waals surface area contributed by atoms with Crippen LogP contribution in [0.15, 0.2) is 11.1 Å². The van der Waals surface area contributed by atoms with Crippen LogP contribution in [0.3, 0.4) is 0 Å². The van der Waals surface area contributed by atoms with Gasteiger partial charge in [0, 0.05) is 19.0 Å². The van der Waals surface area contributed by atoms with Crippen molar-refractivity contribution in [3.8, 4) is 0 Å². The van der Waals surface area contributed by atoms with Gasteiger partial charge in [-0.1, -0.05) is 13.8 Å². The van der Waals surface area contributed by atoms with E-state index >= 15 is 0 Å². The third kappa shape index (κ3) is 3.83. The molecule has 0 saturated carbocycles. The average molecular weight is 215 g/mol. The number of hydrogen-bond acceptors (Lipinski definition) is 4. The van der Waals surface area contributed by atoms with Gasteiger partial charge in [0.1, 0.15) is 5.03 Å². The standard InChI is InChI=1S/C7H11N3OS.C2H6/c1-5-4-6(12(3)11)10-7(8-2)9-5;1-2/h4H,1-3H3,(H,8,9,10);1-2H3. The SMILES string of the molecule is CC.CNc1nc(C)cc(S(C)=O)n1. The van der Waals surface area contributed by atoms with Crippen LogP contribution in [0.2, 0.25) is 0 Å². The zero-order valence-electron chi connectivity index (χ0n) is 9.29. The molecule has 5 heteroatoms. The topological polar surface area (TPSA) is 54.9 Å². The smallest absolute Gasteiger partial charge is 0.223 e. The van der Waals surface area contributed by atoms with Crippen LogP contribution in [-0.2, 0) is 10.8 Å². The minimum atomic E-state index is -1.04. The molecule has 0 aliphatic carbocycles. The fraction of sp³-hybridized carbons (Fsp3) is 0.556. The molecule has 0 bridgehead atoms. The van der Waals surface area contributed by atoms with Gasteiger partial charge in [0.2, 0.25) is 5.95 Å². The predicted molar refractivity (Wildman–Crippen MR) is 60.0 cm³/mol. The Hall–Kier alpha value is -0.970. The van der Waals surface area contributed by atoms with Crippen LogP contribution >= 0.6 is 0 Å². The van der Waals surface area contributed by atoms with Gasteiger partial charge in [0.25, 0.3) is 0 Å². The van der Waals surface area contributed by atoms with Crippen LogP contribution in [0, 0.1) is 6.92 Å². The summed E-state index contributed by atoms with van der Waals surface area (Å²) in [5, 5.41) is 3.37. The van der Waals surface area contributed by atoms with Crippen LogP contribution in [0.5, 0.6) is 0 Å². The molecule has 1 heterocycles. The third-order valence-corrected chi connectivity index (χ3v) is 2.15. The number of rotatable bonds is 2. The van der Waals surface area contributed by atoms with E-state index in [9.17, 15) is 4.21 Å². The van der Waals surface area contributed by atoms with Crippen molar-refractivity contribution in [3.05, 3.63) is 11.8 Å². The van der Waals surface area contributed by atoms with Crippen LogP contribution in [0.1, 0.15) is 19.5 Å². The summed E-state index contributed by atoms with van der Waals surface area (Å²) in [6.07, 6.45) is 1.60. The van der Waals surface area contributed by atoms with Gasteiger partial charge in [-0.25, -0.2) is 9.97 Å². The molecule has 14 heavy (non-hydrogen) atoms. The molecular formula is C9H17N3OS. The van der Waals surface area contributed by atoms with E-state index in [2.05, 4.69) is 15.3 Å². The Kier molecular flexibility index (Phi) is 6.03. The average Bonchev–Trinajstić information content (AvgIpc) is 2.20. The van der Waals surface area contributed by atoms with Gasteiger partial charge in [0.05, 0.1) is 10.8 Å². The summed E-state index contributed by atoms with van der Waals surface area (Å²) in [5.74, 6) is 0.514. The van der Waals surface area contributed by atoms with Crippen LogP contribution < -0.4 is 5.32 Å². The molecule has 1 aromatic heterocycles. The molecule has 0 amide bonds. The van der Waals surface area contributed by atoms with Crippen molar-refractivity contribution >= 4 is 16.7 Å². The molecule has 1 atom stereocenters. The van der Waals surface area contributed by atoms with Crippen LogP contribution in [0.4, 0.5) is 5.95 Å². The van der Waals surface area contributed by atoms with E-state index in [4.69, 9.17) is 0 Å². The molecule has 0 aliphatic rings. The molecule has 0 aliphatic heterocycles. The van der Waals surface area contributed by atoms with Gasteiger partial charge in [-0.15, -0.1) is 0 Å². The normalized spacial score (nSPS) is 11.2. The first-order chi connectivity index (χ1) is 6.63. The first kappa shape index (κ1) is 13.0. The molecule has 0 aromatic carbocycles. The monoisotopic (exact) mass is 215 g/mol. The predicted octanol–water partition coefficient (Wildman–Crippen LogP) is 1.59. The first-order valence-corrected chi connectivity index (χ1v) is 6.06. The molecule has 0 saturated heterocycles. The Morgan fingerprint density at radius 1 is 1.36 bits per heavy atom. The Bertz CT molecular complexity index is 315. The number of aryl methyl sites for hydroxylation is 1. The molecule has 0 fully saturated rings. The van der Waals surface area contributed by atoms with Crippen LogP contribution in [0.25, 0.3) is 0 Å². The Balaban J connectivity index is 0.000000791. The lowest BCUT2D eigenvalue weighted by molar-refractivity contribution is 0.683. The van der Waals surface area contributed by atoms with Crippen molar-refractivity contribution < 1.29 is 4.21 Å². The summed E-state index contributed by atoms with van der Waals surface area (Å²) < 4.78 is 11.1. The zero-order valence-corrected chi connectivity index (χ0v) is 10.1. The lowest BCUT2D eigenvalue weighted by atomic mass is 10.5. The van der Waals surface area contributed by atoms with Gasteiger partial charge in [-0.05, 0) is 13.0 Å². The van der Waals surface area contributed by atoms with Gasteiger partial charge in [-0.3, -0.25) is 4.21 Å². The minimum Gasteiger partial charge on any atom is -0.357 e. The maximum absolute atomic E-state index is 11.1. The lowest BCUT2D eigenvalue weighted by Crippen LogP contribution is -2.02. The summed E-state index contributed by atoms with van der Waals surface area (Å²) in [7, 11) is 0.691.